The van der Waals surface area contributed by atoms with Crippen LogP contribution in [0.1, 0.15) is 66.4 Å². The number of nitrogens with zero attached hydrogens (tertiary/aromatic N) is 4. The van der Waals surface area contributed by atoms with Gasteiger partial charge in [-0.15, -0.1) is 0 Å². The van der Waals surface area contributed by atoms with Crippen LogP contribution in [-0.2, 0) is 27.4 Å². The maximum Gasteiger partial charge on any atom is 0.255 e. The highest BCUT2D eigenvalue weighted by atomic mass is 16.5. The minimum absolute atomic E-state index is 0.159. The van der Waals surface area contributed by atoms with E-state index in [1.807, 2.05) is 18.2 Å². The molecule has 2 unspecified atom stereocenters. The topological polar surface area (TPSA) is 94.7 Å². The minimum atomic E-state index is -0.607. The molecule has 5 aliphatic rings. The van der Waals surface area contributed by atoms with Gasteiger partial charge in [-0.2, -0.15) is 0 Å². The normalized spacial score (nSPS) is 25.4. The molecule has 10 heteroatoms. The third-order valence-corrected chi connectivity index (χ3v) is 10.4. The van der Waals surface area contributed by atoms with E-state index in [1.165, 1.54) is 24.1 Å². The zero-order valence-corrected chi connectivity index (χ0v) is 26.1. The highest BCUT2D eigenvalue weighted by molar-refractivity contribution is 6.05. The standard InChI is InChI=1S/C35H45N5O5/c41-33-11-10-32(34(42)36-33)40-23-26-21-30(8-9-31(26)35(40)43)45-24-29-3-1-2-14-39(29)22-25-4-6-27(7-5-25)37-15-17-38(18-16-37)28-12-19-44-20-13-28/h4-9,21,28-29,32H,1-3,10-20,22-24H2,(H,36,41,42). The molecule has 4 saturated heterocycles. The molecule has 1 N–H and O–H groups in total. The fourth-order valence-electron chi connectivity index (χ4n) is 7.73. The van der Waals surface area contributed by atoms with Crippen molar-refractivity contribution in [2.45, 2.75) is 76.2 Å². The lowest BCUT2D eigenvalue weighted by molar-refractivity contribution is -0.136. The summed E-state index contributed by atoms with van der Waals surface area (Å²) in [6.45, 7) is 9.13. The molecule has 5 aliphatic heterocycles. The van der Waals surface area contributed by atoms with Gasteiger partial charge in [-0.05, 0) is 80.1 Å². The van der Waals surface area contributed by atoms with Crippen LogP contribution < -0.4 is 15.0 Å². The van der Waals surface area contributed by atoms with E-state index in [0.717, 1.165) is 83.1 Å². The number of likely N-dealkylation sites (tertiary alicyclic amines) is 1. The van der Waals surface area contributed by atoms with E-state index in [-0.39, 0.29) is 24.1 Å². The molecule has 5 heterocycles. The Hall–Kier alpha value is -3.47. The molecule has 2 atom stereocenters. The molecule has 10 nitrogen and oxygen atoms in total. The van der Waals surface area contributed by atoms with Crippen LogP contribution in [0.25, 0.3) is 0 Å². The van der Waals surface area contributed by atoms with Crippen molar-refractivity contribution in [3.63, 3.8) is 0 Å². The molecule has 7 rings (SSSR count). The van der Waals surface area contributed by atoms with Crippen molar-refractivity contribution in [2.75, 3.05) is 57.4 Å². The largest absolute Gasteiger partial charge is 0.492 e. The van der Waals surface area contributed by atoms with E-state index in [1.54, 1.807) is 4.90 Å². The van der Waals surface area contributed by atoms with Crippen LogP contribution in [0.15, 0.2) is 42.5 Å². The van der Waals surface area contributed by atoms with Gasteiger partial charge in [0.25, 0.3) is 5.91 Å². The van der Waals surface area contributed by atoms with Gasteiger partial charge in [0.1, 0.15) is 18.4 Å². The molecule has 45 heavy (non-hydrogen) atoms. The molecule has 0 radical (unpaired) electrons. The van der Waals surface area contributed by atoms with Gasteiger partial charge in [0.05, 0.1) is 0 Å². The number of piperidine rings is 2. The summed E-state index contributed by atoms with van der Waals surface area (Å²) >= 11 is 0. The average Bonchev–Trinajstić information content (AvgIpc) is 3.40. The van der Waals surface area contributed by atoms with Crippen LogP contribution in [0, 0.1) is 0 Å². The number of ether oxygens (including phenoxy) is 2. The number of benzene rings is 2. The second-order valence-electron chi connectivity index (χ2n) is 13.2. The summed E-state index contributed by atoms with van der Waals surface area (Å²) in [5, 5.41) is 2.36. The molecular formula is C35H45N5O5. The van der Waals surface area contributed by atoms with Crippen LogP contribution in [0.2, 0.25) is 0 Å². The Kier molecular flexibility index (Phi) is 9.05. The first kappa shape index (κ1) is 30.2. The smallest absolute Gasteiger partial charge is 0.255 e. The molecule has 0 spiro atoms. The maximum atomic E-state index is 13.0. The number of amides is 3. The molecule has 0 aromatic heterocycles. The van der Waals surface area contributed by atoms with Gasteiger partial charge in [-0.1, -0.05) is 18.6 Å². The fraction of sp³-hybridized carbons (Fsp3) is 0.571. The van der Waals surface area contributed by atoms with Crippen molar-refractivity contribution < 1.29 is 23.9 Å². The SMILES string of the molecule is O=C1CCC(N2Cc3cc(OCC4CCCCN4Cc4ccc(N5CCN(C6CCOCC6)CC5)cc4)ccc3C2=O)C(=O)N1. The lowest BCUT2D eigenvalue weighted by Gasteiger charge is -2.41. The minimum Gasteiger partial charge on any atom is -0.492 e. The quantitative estimate of drug-likeness (QED) is 0.453. The van der Waals surface area contributed by atoms with Crippen LogP contribution in [0.4, 0.5) is 5.69 Å². The predicted molar refractivity (Wildman–Crippen MR) is 170 cm³/mol. The van der Waals surface area contributed by atoms with Crippen molar-refractivity contribution >= 4 is 23.4 Å². The summed E-state index contributed by atoms with van der Waals surface area (Å²) < 4.78 is 11.9. The van der Waals surface area contributed by atoms with Crippen LogP contribution in [0.5, 0.6) is 5.75 Å². The molecule has 4 fully saturated rings. The Labute approximate surface area is 265 Å². The molecule has 240 valence electrons. The first-order valence-electron chi connectivity index (χ1n) is 16.8. The summed E-state index contributed by atoms with van der Waals surface area (Å²) in [6, 6.07) is 15.2. The van der Waals surface area contributed by atoms with E-state index in [4.69, 9.17) is 9.47 Å². The first-order valence-corrected chi connectivity index (χ1v) is 16.8. The lowest BCUT2D eigenvalue weighted by Crippen LogP contribution is -2.52. The van der Waals surface area contributed by atoms with Crippen molar-refractivity contribution in [1.29, 1.82) is 0 Å². The Morgan fingerprint density at radius 3 is 2.44 bits per heavy atom. The molecule has 3 amide bonds. The van der Waals surface area contributed by atoms with Gasteiger partial charge in [0.2, 0.25) is 11.8 Å². The highest BCUT2D eigenvalue weighted by Crippen LogP contribution is 2.31. The Balaban J connectivity index is 0.918. The van der Waals surface area contributed by atoms with Gasteiger partial charge >= 0.3 is 0 Å². The van der Waals surface area contributed by atoms with Crippen molar-refractivity contribution in [3.8, 4) is 5.75 Å². The number of anilines is 1. The number of piperazine rings is 1. The number of fused-ring (bicyclic) bond motifs is 1. The highest BCUT2D eigenvalue weighted by Gasteiger charge is 2.39. The summed E-state index contributed by atoms with van der Waals surface area (Å²) in [7, 11) is 0. The molecule has 2 aromatic carbocycles. The predicted octanol–water partition coefficient (Wildman–Crippen LogP) is 3.18. The zero-order chi connectivity index (χ0) is 30.8. The molecule has 2 aromatic rings. The maximum absolute atomic E-state index is 13.0. The molecule has 0 saturated carbocycles. The monoisotopic (exact) mass is 615 g/mol. The van der Waals surface area contributed by atoms with E-state index >= 15 is 0 Å². The third-order valence-electron chi connectivity index (χ3n) is 10.4. The second kappa shape index (κ2) is 13.5. The van der Waals surface area contributed by atoms with Gasteiger partial charge in [0.15, 0.2) is 0 Å². The van der Waals surface area contributed by atoms with Crippen LogP contribution >= 0.6 is 0 Å². The van der Waals surface area contributed by atoms with Crippen LogP contribution in [0.3, 0.4) is 0 Å². The van der Waals surface area contributed by atoms with E-state index in [2.05, 4.69) is 44.3 Å². The van der Waals surface area contributed by atoms with Crippen molar-refractivity contribution in [2.24, 2.45) is 0 Å². The summed E-state index contributed by atoms with van der Waals surface area (Å²) in [5.74, 6) is -0.0775. The van der Waals surface area contributed by atoms with Gasteiger partial charge in [-0.3, -0.25) is 29.5 Å². The number of hydrogen-bond donors (Lipinski definition) is 1. The molecule has 0 aliphatic carbocycles. The van der Waals surface area contributed by atoms with E-state index in [0.29, 0.717) is 37.2 Å². The summed E-state index contributed by atoms with van der Waals surface area (Å²) in [5.41, 5.74) is 4.12. The van der Waals surface area contributed by atoms with Crippen LogP contribution in [-0.4, -0.2) is 103 Å². The molecular weight excluding hydrogens is 570 g/mol. The fourth-order valence-corrected chi connectivity index (χ4v) is 7.73. The summed E-state index contributed by atoms with van der Waals surface area (Å²) in [4.78, 5) is 46.3. The Morgan fingerprint density at radius 2 is 1.67 bits per heavy atom. The van der Waals surface area contributed by atoms with E-state index < -0.39 is 6.04 Å². The molecule has 0 bridgehead atoms. The Morgan fingerprint density at radius 1 is 0.867 bits per heavy atom. The van der Waals surface area contributed by atoms with Gasteiger partial charge in [-0.25, -0.2) is 0 Å². The van der Waals surface area contributed by atoms with E-state index in [9.17, 15) is 14.4 Å². The van der Waals surface area contributed by atoms with Crippen molar-refractivity contribution in [3.05, 3.63) is 59.2 Å². The van der Waals surface area contributed by atoms with Gasteiger partial charge < -0.3 is 19.3 Å². The Bertz CT molecular complexity index is 1390. The van der Waals surface area contributed by atoms with Gasteiger partial charge in [0, 0.05) is 82.2 Å². The number of hydrogen-bond acceptors (Lipinski definition) is 8. The number of imide groups is 1. The van der Waals surface area contributed by atoms with Crippen molar-refractivity contribution in [1.82, 2.24) is 20.0 Å². The zero-order valence-electron chi connectivity index (χ0n) is 26.1. The number of carbonyl (C=O) groups is 3. The third kappa shape index (κ3) is 6.73. The lowest BCUT2D eigenvalue weighted by atomic mass is 10.0. The number of rotatable bonds is 8. The average molecular weight is 616 g/mol. The first-order chi connectivity index (χ1) is 22.0. The number of carbonyl (C=O) groups excluding carboxylic acids is 3. The number of nitrogens with one attached hydrogen (secondary N) is 1. The summed E-state index contributed by atoms with van der Waals surface area (Å²) in [6.07, 6.45) is 6.44. The second-order valence-corrected chi connectivity index (χ2v) is 13.2.